The van der Waals surface area contributed by atoms with E-state index < -0.39 is 18.0 Å². The van der Waals surface area contributed by atoms with Gasteiger partial charge in [0.1, 0.15) is 17.9 Å². The molecule has 1 aromatic rings. The van der Waals surface area contributed by atoms with E-state index in [-0.39, 0.29) is 24.5 Å². The first kappa shape index (κ1) is 12.2. The zero-order valence-corrected chi connectivity index (χ0v) is 9.80. The van der Waals surface area contributed by atoms with Crippen LogP contribution in [0.5, 0.6) is 5.75 Å². The first-order chi connectivity index (χ1) is 8.63. The van der Waals surface area contributed by atoms with E-state index in [1.54, 1.807) is 19.1 Å². The predicted molar refractivity (Wildman–Crippen MR) is 62.4 cm³/mol. The smallest absolute Gasteiger partial charge is 0.344 e. The number of carbonyl (C=O) groups excluding carboxylic acids is 2. The van der Waals surface area contributed by atoms with Gasteiger partial charge < -0.3 is 19.9 Å². The normalized spacial score (nSPS) is 18.1. The molecule has 0 saturated carbocycles. The average molecular weight is 251 g/mol. The summed E-state index contributed by atoms with van der Waals surface area (Å²) in [4.78, 5) is 23.3. The topological polar surface area (TPSA) is 84.9 Å². The summed E-state index contributed by atoms with van der Waals surface area (Å²) < 4.78 is 9.79. The molecule has 6 nitrogen and oxygen atoms in total. The van der Waals surface area contributed by atoms with Gasteiger partial charge in [-0.3, -0.25) is 0 Å². The maximum atomic E-state index is 11.7. The molecule has 0 aliphatic carbocycles. The molecule has 0 spiro atoms. The molecule has 1 atom stereocenters. The van der Waals surface area contributed by atoms with Gasteiger partial charge in [-0.05, 0) is 19.1 Å². The van der Waals surface area contributed by atoms with Gasteiger partial charge in [0.15, 0.2) is 6.04 Å². The van der Waals surface area contributed by atoms with Crippen LogP contribution in [-0.2, 0) is 14.3 Å². The highest BCUT2D eigenvalue weighted by Crippen LogP contribution is 2.28. The molecule has 1 aliphatic rings. The summed E-state index contributed by atoms with van der Waals surface area (Å²) in [5.74, 6) is -1.35. The lowest BCUT2D eigenvalue weighted by atomic mass is 10.1. The second-order valence-electron chi connectivity index (χ2n) is 3.75. The van der Waals surface area contributed by atoms with Gasteiger partial charge in [-0.1, -0.05) is 6.07 Å². The number of aromatic hydroxyl groups is 1. The lowest BCUT2D eigenvalue weighted by Gasteiger charge is -2.14. The van der Waals surface area contributed by atoms with Crippen molar-refractivity contribution in [2.45, 2.75) is 13.0 Å². The molecule has 0 saturated heterocycles. The second-order valence-corrected chi connectivity index (χ2v) is 3.75. The van der Waals surface area contributed by atoms with E-state index in [1.807, 2.05) is 0 Å². The fourth-order valence-corrected chi connectivity index (χ4v) is 1.71. The molecule has 1 aromatic carbocycles. The fraction of sp³-hybridized carbons (Fsp3) is 0.333. The SMILES string of the molecule is CCOC(=O)C1COC(=O)c2c(O)cccc2N1. The molecule has 0 fully saturated rings. The number of cyclic esters (lactones) is 1. The third-order valence-corrected chi connectivity index (χ3v) is 2.53. The number of phenolic OH excluding ortho intramolecular Hbond substituents is 1. The van der Waals surface area contributed by atoms with Crippen LogP contribution in [0.2, 0.25) is 0 Å². The Labute approximate surface area is 104 Å². The third-order valence-electron chi connectivity index (χ3n) is 2.53. The minimum atomic E-state index is -0.767. The number of anilines is 1. The Bertz CT molecular complexity index is 485. The van der Waals surface area contributed by atoms with Crippen LogP contribution in [0.4, 0.5) is 5.69 Å². The summed E-state index contributed by atoms with van der Waals surface area (Å²) in [7, 11) is 0. The van der Waals surface area contributed by atoms with Gasteiger partial charge in [0.2, 0.25) is 0 Å². The summed E-state index contributed by atoms with van der Waals surface area (Å²) in [6.07, 6.45) is 0. The van der Waals surface area contributed by atoms with E-state index >= 15 is 0 Å². The van der Waals surface area contributed by atoms with Gasteiger partial charge in [0.25, 0.3) is 0 Å². The number of fused-ring (bicyclic) bond motifs is 1. The van der Waals surface area contributed by atoms with Gasteiger partial charge in [-0.25, -0.2) is 9.59 Å². The Hall–Kier alpha value is -2.24. The van der Waals surface area contributed by atoms with Gasteiger partial charge in [-0.15, -0.1) is 0 Å². The van der Waals surface area contributed by atoms with Gasteiger partial charge in [-0.2, -0.15) is 0 Å². The van der Waals surface area contributed by atoms with E-state index in [2.05, 4.69) is 5.32 Å². The van der Waals surface area contributed by atoms with Crippen molar-refractivity contribution in [1.82, 2.24) is 0 Å². The number of benzene rings is 1. The predicted octanol–water partition coefficient (Wildman–Crippen LogP) is 0.906. The van der Waals surface area contributed by atoms with Crippen LogP contribution in [0.3, 0.4) is 0 Å². The molecule has 96 valence electrons. The van der Waals surface area contributed by atoms with Crippen molar-refractivity contribution >= 4 is 17.6 Å². The highest BCUT2D eigenvalue weighted by atomic mass is 16.6. The standard InChI is InChI=1S/C12H13NO5/c1-2-17-11(15)8-6-18-12(16)10-7(13-8)4-3-5-9(10)14/h3-5,8,13-14H,2,6H2,1H3. The van der Waals surface area contributed by atoms with Crippen molar-refractivity contribution in [2.24, 2.45) is 0 Å². The van der Waals surface area contributed by atoms with Crippen LogP contribution in [0.1, 0.15) is 17.3 Å². The Morgan fingerprint density at radius 1 is 1.61 bits per heavy atom. The maximum Gasteiger partial charge on any atom is 0.344 e. The van der Waals surface area contributed by atoms with E-state index in [4.69, 9.17) is 9.47 Å². The van der Waals surface area contributed by atoms with Crippen LogP contribution in [-0.4, -0.2) is 36.3 Å². The molecule has 0 aromatic heterocycles. The molecule has 0 radical (unpaired) electrons. The number of carbonyl (C=O) groups is 2. The molecule has 1 unspecified atom stereocenters. The van der Waals surface area contributed by atoms with Crippen molar-refractivity contribution in [2.75, 3.05) is 18.5 Å². The average Bonchev–Trinajstić information content (AvgIpc) is 2.50. The largest absolute Gasteiger partial charge is 0.507 e. The van der Waals surface area contributed by atoms with E-state index in [0.717, 1.165) is 0 Å². The summed E-state index contributed by atoms with van der Waals surface area (Å²) in [6, 6.07) is 3.78. The van der Waals surface area contributed by atoms with Gasteiger partial charge in [0.05, 0.1) is 12.3 Å². The fourth-order valence-electron chi connectivity index (χ4n) is 1.71. The molecule has 2 rings (SSSR count). The number of esters is 2. The van der Waals surface area contributed by atoms with Crippen molar-refractivity contribution in [3.8, 4) is 5.75 Å². The number of hydrogen-bond acceptors (Lipinski definition) is 6. The molecule has 1 heterocycles. The molecule has 0 bridgehead atoms. The first-order valence-electron chi connectivity index (χ1n) is 5.55. The number of rotatable bonds is 2. The Balaban J connectivity index is 2.31. The van der Waals surface area contributed by atoms with E-state index in [1.165, 1.54) is 6.07 Å². The van der Waals surface area contributed by atoms with Crippen molar-refractivity contribution < 1.29 is 24.2 Å². The minimum absolute atomic E-state index is 0.0318. The highest BCUT2D eigenvalue weighted by molar-refractivity contribution is 6.00. The molecular weight excluding hydrogens is 238 g/mol. The second kappa shape index (κ2) is 4.95. The molecule has 18 heavy (non-hydrogen) atoms. The molecule has 6 heteroatoms. The summed E-state index contributed by atoms with van der Waals surface area (Å²) >= 11 is 0. The molecular formula is C12H13NO5. The zero-order chi connectivity index (χ0) is 13.1. The van der Waals surface area contributed by atoms with Crippen LogP contribution in [0.15, 0.2) is 18.2 Å². The van der Waals surface area contributed by atoms with Crippen LogP contribution >= 0.6 is 0 Å². The van der Waals surface area contributed by atoms with Crippen LogP contribution in [0, 0.1) is 0 Å². The number of nitrogens with one attached hydrogen (secondary N) is 1. The van der Waals surface area contributed by atoms with Crippen molar-refractivity contribution in [1.29, 1.82) is 0 Å². The van der Waals surface area contributed by atoms with Gasteiger partial charge in [0, 0.05) is 0 Å². The van der Waals surface area contributed by atoms with E-state index in [0.29, 0.717) is 5.69 Å². The Kier molecular flexibility index (Phi) is 3.36. The monoisotopic (exact) mass is 251 g/mol. The maximum absolute atomic E-state index is 11.7. The summed E-state index contributed by atoms with van der Waals surface area (Å²) in [6.45, 7) is 1.81. The van der Waals surface area contributed by atoms with Crippen LogP contribution in [0.25, 0.3) is 0 Å². The summed E-state index contributed by atoms with van der Waals surface area (Å²) in [5.41, 5.74) is 0.389. The molecule has 2 N–H and O–H groups in total. The number of phenols is 1. The summed E-state index contributed by atoms with van der Waals surface area (Å²) in [5, 5.41) is 12.5. The molecule has 0 amide bonds. The Morgan fingerprint density at radius 3 is 3.11 bits per heavy atom. The van der Waals surface area contributed by atoms with Crippen molar-refractivity contribution in [3.63, 3.8) is 0 Å². The third kappa shape index (κ3) is 2.22. The molecule has 1 aliphatic heterocycles. The Morgan fingerprint density at radius 2 is 2.39 bits per heavy atom. The minimum Gasteiger partial charge on any atom is -0.507 e. The first-order valence-corrected chi connectivity index (χ1v) is 5.55. The highest BCUT2D eigenvalue weighted by Gasteiger charge is 2.29. The lowest BCUT2D eigenvalue weighted by molar-refractivity contribution is -0.144. The van der Waals surface area contributed by atoms with E-state index in [9.17, 15) is 14.7 Å². The quantitative estimate of drug-likeness (QED) is 0.760. The van der Waals surface area contributed by atoms with Crippen LogP contribution < -0.4 is 5.32 Å². The van der Waals surface area contributed by atoms with Crippen molar-refractivity contribution in [3.05, 3.63) is 23.8 Å². The number of ether oxygens (including phenoxy) is 2. The van der Waals surface area contributed by atoms with Gasteiger partial charge >= 0.3 is 11.9 Å². The number of hydrogen-bond donors (Lipinski definition) is 2. The lowest BCUT2D eigenvalue weighted by Crippen LogP contribution is -2.34. The zero-order valence-electron chi connectivity index (χ0n) is 9.80.